The summed E-state index contributed by atoms with van der Waals surface area (Å²) < 4.78 is 0. The molecule has 3 heteroatoms. The maximum Gasteiger partial charge on any atom is 0.0738 e. The Balaban J connectivity index is 2.28. The van der Waals surface area contributed by atoms with Gasteiger partial charge in [-0.1, -0.05) is 18.5 Å². The molecule has 0 aliphatic heterocycles. The molecule has 2 aromatic rings. The van der Waals surface area contributed by atoms with Crippen LogP contribution in [0.1, 0.15) is 35.7 Å². The molecule has 0 bridgehead atoms. The molecule has 2 nitrogen and oxygen atoms in total. The van der Waals surface area contributed by atoms with Crippen molar-refractivity contribution in [3.8, 4) is 0 Å². The number of pyridine rings is 1. The second-order valence-electron chi connectivity index (χ2n) is 5.27. The van der Waals surface area contributed by atoms with Crippen LogP contribution in [0.4, 0.5) is 0 Å². The lowest BCUT2D eigenvalue weighted by Crippen LogP contribution is -2.14. The molecule has 0 atom stereocenters. The average molecular weight is 275 g/mol. The van der Waals surface area contributed by atoms with E-state index in [9.17, 15) is 0 Å². The van der Waals surface area contributed by atoms with Crippen molar-refractivity contribution in [2.45, 2.75) is 39.7 Å². The predicted octanol–water partition coefficient (Wildman–Crippen LogP) is 3.79. The number of aromatic nitrogens is 1. The van der Waals surface area contributed by atoms with Crippen molar-refractivity contribution in [3.05, 3.63) is 39.5 Å². The molecule has 1 aromatic heterocycles. The number of benzene rings is 1. The van der Waals surface area contributed by atoms with E-state index >= 15 is 0 Å². The van der Waals surface area contributed by atoms with Gasteiger partial charge in [-0.2, -0.15) is 0 Å². The van der Waals surface area contributed by atoms with E-state index < -0.39 is 0 Å². The third-order valence-corrected chi connectivity index (χ3v) is 4.16. The van der Waals surface area contributed by atoms with Crippen molar-refractivity contribution in [2.24, 2.45) is 0 Å². The largest absolute Gasteiger partial charge is 0.313 e. The number of aryl methyl sites for hydroxylation is 2. The highest BCUT2D eigenvalue weighted by Gasteiger charge is 2.20. The third-order valence-electron chi connectivity index (χ3n) is 3.94. The van der Waals surface area contributed by atoms with Crippen LogP contribution in [0, 0.1) is 6.92 Å². The Bertz CT molecular complexity index is 634. The van der Waals surface area contributed by atoms with Crippen LogP contribution >= 0.6 is 11.6 Å². The minimum atomic E-state index is 0.808. The number of fused-ring (bicyclic) bond motifs is 2. The Morgan fingerprint density at radius 2 is 2.16 bits per heavy atom. The standard InChI is InChI=1S/C16H19ClN2/c1-3-18-9-14-12-5-4-6-15(12)19-16-10(2)7-11(17)8-13(14)16/h7-8,18H,3-6,9H2,1-2H3. The summed E-state index contributed by atoms with van der Waals surface area (Å²) >= 11 is 6.23. The first-order chi connectivity index (χ1) is 9.20. The van der Waals surface area contributed by atoms with Crippen LogP contribution in [0.25, 0.3) is 10.9 Å². The van der Waals surface area contributed by atoms with E-state index in [0.717, 1.165) is 36.5 Å². The lowest BCUT2D eigenvalue weighted by Gasteiger charge is -2.14. The molecule has 1 aliphatic carbocycles. The van der Waals surface area contributed by atoms with Crippen LogP contribution in [0.2, 0.25) is 5.02 Å². The molecule has 1 heterocycles. The lowest BCUT2D eigenvalue weighted by atomic mass is 9.99. The van der Waals surface area contributed by atoms with Crippen molar-refractivity contribution >= 4 is 22.5 Å². The SMILES string of the molecule is CCNCc1c2c(nc3c(C)cc(Cl)cc13)CCC2. The van der Waals surface area contributed by atoms with E-state index in [4.69, 9.17) is 16.6 Å². The summed E-state index contributed by atoms with van der Waals surface area (Å²) in [6.07, 6.45) is 3.50. The second kappa shape index (κ2) is 5.10. The molecular weight excluding hydrogens is 256 g/mol. The van der Waals surface area contributed by atoms with Crippen LogP contribution in [0.15, 0.2) is 12.1 Å². The van der Waals surface area contributed by atoms with Gasteiger partial charge in [-0.25, -0.2) is 0 Å². The summed E-state index contributed by atoms with van der Waals surface area (Å²) in [5.74, 6) is 0. The highest BCUT2D eigenvalue weighted by atomic mass is 35.5. The molecule has 19 heavy (non-hydrogen) atoms. The molecule has 0 fully saturated rings. The average Bonchev–Trinajstić information content (AvgIpc) is 2.83. The zero-order chi connectivity index (χ0) is 13.4. The van der Waals surface area contributed by atoms with Crippen molar-refractivity contribution in [3.63, 3.8) is 0 Å². The topological polar surface area (TPSA) is 24.9 Å². The number of rotatable bonds is 3. The number of halogens is 1. The maximum absolute atomic E-state index is 6.23. The summed E-state index contributed by atoms with van der Waals surface area (Å²) in [5.41, 5.74) is 6.46. The number of nitrogens with zero attached hydrogens (tertiary/aromatic N) is 1. The smallest absolute Gasteiger partial charge is 0.0738 e. The summed E-state index contributed by atoms with van der Waals surface area (Å²) in [6, 6.07) is 4.08. The van der Waals surface area contributed by atoms with E-state index in [-0.39, 0.29) is 0 Å². The fourth-order valence-corrected chi connectivity index (χ4v) is 3.31. The van der Waals surface area contributed by atoms with Gasteiger partial charge in [0.05, 0.1) is 5.52 Å². The van der Waals surface area contributed by atoms with Gasteiger partial charge in [-0.15, -0.1) is 0 Å². The molecule has 3 rings (SSSR count). The molecule has 100 valence electrons. The van der Waals surface area contributed by atoms with E-state index in [1.807, 2.05) is 6.07 Å². The molecule has 0 spiro atoms. The van der Waals surface area contributed by atoms with E-state index in [0.29, 0.717) is 0 Å². The van der Waals surface area contributed by atoms with E-state index in [1.54, 1.807) is 0 Å². The van der Waals surface area contributed by atoms with Crippen LogP contribution in [-0.4, -0.2) is 11.5 Å². The first kappa shape index (κ1) is 12.9. The molecule has 1 aromatic carbocycles. The Labute approximate surface area is 119 Å². The Morgan fingerprint density at radius 3 is 2.95 bits per heavy atom. The first-order valence-electron chi connectivity index (χ1n) is 7.02. The van der Waals surface area contributed by atoms with Gasteiger partial charge >= 0.3 is 0 Å². The van der Waals surface area contributed by atoms with Crippen LogP contribution in [0.5, 0.6) is 0 Å². The van der Waals surface area contributed by atoms with Gasteiger partial charge in [0, 0.05) is 22.6 Å². The van der Waals surface area contributed by atoms with Crippen molar-refractivity contribution in [1.29, 1.82) is 0 Å². The fourth-order valence-electron chi connectivity index (χ4n) is 3.04. The summed E-state index contributed by atoms with van der Waals surface area (Å²) in [4.78, 5) is 4.88. The van der Waals surface area contributed by atoms with Crippen LogP contribution in [0.3, 0.4) is 0 Å². The van der Waals surface area contributed by atoms with Gasteiger partial charge < -0.3 is 5.32 Å². The number of hydrogen-bond donors (Lipinski definition) is 1. The van der Waals surface area contributed by atoms with Crippen LogP contribution < -0.4 is 5.32 Å². The predicted molar refractivity (Wildman–Crippen MR) is 80.9 cm³/mol. The fraction of sp³-hybridized carbons (Fsp3) is 0.438. The van der Waals surface area contributed by atoms with Gasteiger partial charge in [0.25, 0.3) is 0 Å². The molecule has 0 radical (unpaired) electrons. The van der Waals surface area contributed by atoms with Gasteiger partial charge in [0.2, 0.25) is 0 Å². The Hall–Kier alpha value is -1.12. The summed E-state index contributed by atoms with van der Waals surface area (Å²) in [5, 5.41) is 5.49. The minimum Gasteiger partial charge on any atom is -0.313 e. The second-order valence-corrected chi connectivity index (χ2v) is 5.70. The van der Waals surface area contributed by atoms with E-state index in [2.05, 4.69) is 25.2 Å². The molecule has 0 saturated heterocycles. The third kappa shape index (κ3) is 2.24. The quantitative estimate of drug-likeness (QED) is 0.921. The van der Waals surface area contributed by atoms with Crippen molar-refractivity contribution in [2.75, 3.05) is 6.54 Å². The van der Waals surface area contributed by atoms with Crippen molar-refractivity contribution in [1.82, 2.24) is 10.3 Å². The summed E-state index contributed by atoms with van der Waals surface area (Å²) in [6.45, 7) is 6.14. The molecule has 0 unspecified atom stereocenters. The van der Waals surface area contributed by atoms with Crippen LogP contribution in [-0.2, 0) is 19.4 Å². The first-order valence-corrected chi connectivity index (χ1v) is 7.39. The highest BCUT2D eigenvalue weighted by Crippen LogP contribution is 2.32. The van der Waals surface area contributed by atoms with Gasteiger partial charge in [0.15, 0.2) is 0 Å². The van der Waals surface area contributed by atoms with Gasteiger partial charge in [-0.05, 0) is 61.6 Å². The molecule has 0 saturated carbocycles. The summed E-state index contributed by atoms with van der Waals surface area (Å²) in [7, 11) is 0. The molecule has 1 aliphatic rings. The monoisotopic (exact) mass is 274 g/mol. The lowest BCUT2D eigenvalue weighted by molar-refractivity contribution is 0.724. The molecule has 0 amide bonds. The minimum absolute atomic E-state index is 0.808. The Morgan fingerprint density at radius 1 is 1.32 bits per heavy atom. The van der Waals surface area contributed by atoms with Gasteiger partial charge in [-0.3, -0.25) is 4.98 Å². The normalized spacial score (nSPS) is 14.1. The number of hydrogen-bond acceptors (Lipinski definition) is 2. The van der Waals surface area contributed by atoms with Gasteiger partial charge in [0.1, 0.15) is 0 Å². The Kier molecular flexibility index (Phi) is 3.46. The molecular formula is C16H19ClN2. The zero-order valence-electron chi connectivity index (χ0n) is 11.5. The van der Waals surface area contributed by atoms with Crippen molar-refractivity contribution < 1.29 is 0 Å². The van der Waals surface area contributed by atoms with E-state index in [1.165, 1.54) is 34.2 Å². The molecule has 1 N–H and O–H groups in total. The number of nitrogens with one attached hydrogen (secondary N) is 1. The highest BCUT2D eigenvalue weighted by molar-refractivity contribution is 6.31. The maximum atomic E-state index is 6.23. The zero-order valence-corrected chi connectivity index (χ0v) is 12.3.